The van der Waals surface area contributed by atoms with Gasteiger partial charge in [-0.3, -0.25) is 0 Å². The van der Waals surface area contributed by atoms with Gasteiger partial charge >= 0.3 is 0 Å². The molecule has 0 amide bonds. The van der Waals surface area contributed by atoms with Crippen LogP contribution in [0.3, 0.4) is 0 Å². The minimum Gasteiger partial charge on any atom is -0.211 e. The lowest BCUT2D eigenvalue weighted by Crippen LogP contribution is -1.97. The Hall–Kier alpha value is -2.91. The SMILES string of the molecule is CCc1ccc(/C=C/c2ccc(-n3nnc4ccccc43)c(Cl)c2)cc1. The molecule has 1 aromatic heterocycles. The summed E-state index contributed by atoms with van der Waals surface area (Å²) in [6, 6.07) is 22.4. The molecule has 0 spiro atoms. The van der Waals surface area contributed by atoms with Crippen molar-refractivity contribution in [1.82, 2.24) is 15.0 Å². The maximum absolute atomic E-state index is 6.52. The summed E-state index contributed by atoms with van der Waals surface area (Å²) in [5, 5.41) is 9.06. The standard InChI is InChI=1S/C22H18ClN3/c1-2-16-7-9-17(10-8-16)11-12-18-13-14-21(19(23)15-18)26-22-6-4-3-5-20(22)24-25-26/h3-15H,2H2,1H3/b12-11+. The lowest BCUT2D eigenvalue weighted by Gasteiger charge is -2.06. The summed E-state index contributed by atoms with van der Waals surface area (Å²) in [4.78, 5) is 0. The number of fused-ring (bicyclic) bond motifs is 1. The summed E-state index contributed by atoms with van der Waals surface area (Å²) in [6.45, 7) is 2.16. The van der Waals surface area contributed by atoms with Crippen molar-refractivity contribution in [3.8, 4) is 5.69 Å². The smallest absolute Gasteiger partial charge is 0.113 e. The number of halogens is 1. The van der Waals surface area contributed by atoms with Crippen LogP contribution in [0.4, 0.5) is 0 Å². The Labute approximate surface area is 157 Å². The molecule has 0 atom stereocenters. The van der Waals surface area contributed by atoms with E-state index >= 15 is 0 Å². The van der Waals surface area contributed by atoms with Crippen LogP contribution in [-0.4, -0.2) is 15.0 Å². The number of para-hydroxylation sites is 1. The van der Waals surface area contributed by atoms with Crippen LogP contribution < -0.4 is 0 Å². The van der Waals surface area contributed by atoms with Crippen LogP contribution in [0.25, 0.3) is 28.9 Å². The van der Waals surface area contributed by atoms with E-state index in [0.29, 0.717) is 5.02 Å². The van der Waals surface area contributed by atoms with E-state index in [1.54, 1.807) is 4.68 Å². The highest BCUT2D eigenvalue weighted by Crippen LogP contribution is 2.25. The molecule has 3 nitrogen and oxygen atoms in total. The fraction of sp³-hybridized carbons (Fsp3) is 0.0909. The van der Waals surface area contributed by atoms with Crippen molar-refractivity contribution in [2.45, 2.75) is 13.3 Å². The van der Waals surface area contributed by atoms with Crippen LogP contribution in [0, 0.1) is 0 Å². The van der Waals surface area contributed by atoms with Gasteiger partial charge in [-0.15, -0.1) is 5.10 Å². The Balaban J connectivity index is 1.62. The normalized spacial score (nSPS) is 11.5. The van der Waals surface area contributed by atoms with Gasteiger partial charge in [0.1, 0.15) is 5.52 Å². The van der Waals surface area contributed by atoms with Gasteiger partial charge in [-0.25, -0.2) is 4.68 Å². The number of aryl methyl sites for hydroxylation is 1. The van der Waals surface area contributed by atoms with E-state index in [2.05, 4.69) is 53.7 Å². The highest BCUT2D eigenvalue weighted by molar-refractivity contribution is 6.32. The zero-order chi connectivity index (χ0) is 17.9. The zero-order valence-corrected chi connectivity index (χ0v) is 15.2. The van der Waals surface area contributed by atoms with E-state index in [9.17, 15) is 0 Å². The van der Waals surface area contributed by atoms with Crippen molar-refractivity contribution in [3.05, 3.63) is 88.4 Å². The molecule has 0 aliphatic rings. The molecular formula is C22H18ClN3. The van der Waals surface area contributed by atoms with Gasteiger partial charge in [0.15, 0.2) is 0 Å². The van der Waals surface area contributed by atoms with Gasteiger partial charge in [0.05, 0.1) is 16.2 Å². The first-order valence-corrected chi connectivity index (χ1v) is 9.00. The molecule has 0 fully saturated rings. The Morgan fingerprint density at radius 1 is 0.923 bits per heavy atom. The molecule has 4 rings (SSSR count). The van der Waals surface area contributed by atoms with E-state index in [1.807, 2.05) is 42.5 Å². The van der Waals surface area contributed by atoms with Gasteiger partial charge in [-0.1, -0.05) is 78.4 Å². The maximum Gasteiger partial charge on any atom is 0.113 e. The third-order valence-electron chi connectivity index (χ3n) is 4.41. The molecule has 0 aliphatic carbocycles. The van der Waals surface area contributed by atoms with Crippen molar-refractivity contribution in [2.75, 3.05) is 0 Å². The molecule has 0 unspecified atom stereocenters. The van der Waals surface area contributed by atoms with Gasteiger partial charge in [0.2, 0.25) is 0 Å². The van der Waals surface area contributed by atoms with E-state index in [1.165, 1.54) is 11.1 Å². The van der Waals surface area contributed by atoms with Crippen LogP contribution in [0.5, 0.6) is 0 Å². The van der Waals surface area contributed by atoms with E-state index in [-0.39, 0.29) is 0 Å². The summed E-state index contributed by atoms with van der Waals surface area (Å²) in [7, 11) is 0. The Kier molecular flexibility index (Phi) is 4.55. The average molecular weight is 360 g/mol. The molecule has 4 heteroatoms. The quantitative estimate of drug-likeness (QED) is 0.431. The van der Waals surface area contributed by atoms with Crippen LogP contribution >= 0.6 is 11.6 Å². The van der Waals surface area contributed by atoms with Crippen molar-refractivity contribution in [3.63, 3.8) is 0 Å². The van der Waals surface area contributed by atoms with Crippen molar-refractivity contribution in [1.29, 1.82) is 0 Å². The summed E-state index contributed by atoms with van der Waals surface area (Å²) >= 11 is 6.52. The van der Waals surface area contributed by atoms with Crippen LogP contribution in [-0.2, 0) is 6.42 Å². The summed E-state index contributed by atoms with van der Waals surface area (Å²) < 4.78 is 1.77. The molecule has 0 saturated heterocycles. The second kappa shape index (κ2) is 7.14. The molecule has 128 valence electrons. The molecule has 4 aromatic rings. The van der Waals surface area contributed by atoms with Crippen LogP contribution in [0.2, 0.25) is 5.02 Å². The number of benzene rings is 3. The van der Waals surface area contributed by atoms with Gasteiger partial charge < -0.3 is 0 Å². The van der Waals surface area contributed by atoms with E-state index in [0.717, 1.165) is 28.7 Å². The monoisotopic (exact) mass is 359 g/mol. The molecular weight excluding hydrogens is 342 g/mol. The van der Waals surface area contributed by atoms with Crippen LogP contribution in [0.15, 0.2) is 66.7 Å². The van der Waals surface area contributed by atoms with Crippen molar-refractivity contribution < 1.29 is 0 Å². The predicted octanol–water partition coefficient (Wildman–Crippen LogP) is 5.81. The Morgan fingerprint density at radius 3 is 2.42 bits per heavy atom. The minimum atomic E-state index is 0.643. The van der Waals surface area contributed by atoms with Gasteiger partial charge in [-0.2, -0.15) is 0 Å². The minimum absolute atomic E-state index is 0.643. The van der Waals surface area contributed by atoms with E-state index in [4.69, 9.17) is 11.6 Å². The van der Waals surface area contributed by atoms with E-state index < -0.39 is 0 Å². The van der Waals surface area contributed by atoms with Crippen LogP contribution in [0.1, 0.15) is 23.6 Å². The fourth-order valence-corrected chi connectivity index (χ4v) is 3.17. The first kappa shape index (κ1) is 16.6. The van der Waals surface area contributed by atoms with Crippen molar-refractivity contribution >= 4 is 34.8 Å². The summed E-state index contributed by atoms with van der Waals surface area (Å²) in [5.41, 5.74) is 6.17. The molecule has 26 heavy (non-hydrogen) atoms. The van der Waals surface area contributed by atoms with Gasteiger partial charge in [-0.05, 0) is 47.4 Å². The summed E-state index contributed by atoms with van der Waals surface area (Å²) in [5.74, 6) is 0. The topological polar surface area (TPSA) is 30.7 Å². The number of nitrogens with zero attached hydrogens (tertiary/aromatic N) is 3. The zero-order valence-electron chi connectivity index (χ0n) is 14.4. The fourth-order valence-electron chi connectivity index (χ4n) is 2.90. The first-order chi connectivity index (χ1) is 12.7. The molecule has 0 radical (unpaired) electrons. The third kappa shape index (κ3) is 3.26. The highest BCUT2D eigenvalue weighted by Gasteiger charge is 2.09. The molecule has 0 N–H and O–H groups in total. The maximum atomic E-state index is 6.52. The second-order valence-electron chi connectivity index (χ2n) is 6.13. The third-order valence-corrected chi connectivity index (χ3v) is 4.71. The second-order valence-corrected chi connectivity index (χ2v) is 6.54. The number of aromatic nitrogens is 3. The lowest BCUT2D eigenvalue weighted by molar-refractivity contribution is 0.824. The largest absolute Gasteiger partial charge is 0.211 e. The predicted molar refractivity (Wildman–Crippen MR) is 109 cm³/mol. The highest BCUT2D eigenvalue weighted by atomic mass is 35.5. The molecule has 0 aliphatic heterocycles. The number of hydrogen-bond acceptors (Lipinski definition) is 2. The van der Waals surface area contributed by atoms with Crippen molar-refractivity contribution in [2.24, 2.45) is 0 Å². The molecule has 3 aromatic carbocycles. The number of rotatable bonds is 4. The molecule has 1 heterocycles. The Morgan fingerprint density at radius 2 is 1.65 bits per heavy atom. The van der Waals surface area contributed by atoms with Gasteiger partial charge in [0, 0.05) is 0 Å². The lowest BCUT2D eigenvalue weighted by atomic mass is 10.1. The average Bonchev–Trinajstić information content (AvgIpc) is 3.11. The number of hydrogen-bond donors (Lipinski definition) is 0. The first-order valence-electron chi connectivity index (χ1n) is 8.62. The summed E-state index contributed by atoms with van der Waals surface area (Å²) in [6.07, 6.45) is 5.21. The molecule has 0 bridgehead atoms. The van der Waals surface area contributed by atoms with Gasteiger partial charge in [0.25, 0.3) is 0 Å². The Bertz CT molecular complexity index is 1080. The molecule has 0 saturated carbocycles.